The highest BCUT2D eigenvalue weighted by atomic mass is 14.3. The molecule has 0 N–H and O–H groups in total. The summed E-state index contributed by atoms with van der Waals surface area (Å²) in [5, 5.41) is 0. The van der Waals surface area contributed by atoms with Crippen LogP contribution < -0.4 is 0 Å². The summed E-state index contributed by atoms with van der Waals surface area (Å²) in [5.74, 6) is 0.677. The lowest BCUT2D eigenvalue weighted by Gasteiger charge is -2.28. The Morgan fingerprint density at radius 1 is 1.55 bits per heavy atom. The summed E-state index contributed by atoms with van der Waals surface area (Å²) in [6.45, 7) is 12.6. The molecule has 0 fully saturated rings. The summed E-state index contributed by atoms with van der Waals surface area (Å²) in [7, 11) is 0. The standard InChI is InChI=1S/C11H20/c1-6-9-11(5,8-3)10(4)7-2/h6,8-10H,3,7H2,1-2,4-5H3. The van der Waals surface area contributed by atoms with Crippen molar-refractivity contribution in [2.24, 2.45) is 11.3 Å². The van der Waals surface area contributed by atoms with Crippen molar-refractivity contribution in [2.45, 2.75) is 34.1 Å². The van der Waals surface area contributed by atoms with Crippen molar-refractivity contribution in [3.8, 4) is 0 Å². The van der Waals surface area contributed by atoms with Gasteiger partial charge >= 0.3 is 0 Å². The molecule has 0 heterocycles. The highest BCUT2D eigenvalue weighted by Crippen LogP contribution is 2.32. The van der Waals surface area contributed by atoms with Crippen LogP contribution in [-0.2, 0) is 0 Å². The molecule has 64 valence electrons. The lowest BCUT2D eigenvalue weighted by atomic mass is 9.76. The minimum absolute atomic E-state index is 0.184. The molecule has 2 atom stereocenters. The van der Waals surface area contributed by atoms with Gasteiger partial charge < -0.3 is 0 Å². The molecule has 11 heavy (non-hydrogen) atoms. The van der Waals surface area contributed by atoms with Gasteiger partial charge in [-0.25, -0.2) is 0 Å². The van der Waals surface area contributed by atoms with Crippen molar-refractivity contribution < 1.29 is 0 Å². The Bertz CT molecular complexity index is 144. The van der Waals surface area contributed by atoms with Gasteiger partial charge in [0.25, 0.3) is 0 Å². The molecule has 0 radical (unpaired) electrons. The van der Waals surface area contributed by atoms with E-state index < -0.39 is 0 Å². The molecule has 0 rings (SSSR count). The largest absolute Gasteiger partial charge is 0.102 e. The van der Waals surface area contributed by atoms with E-state index in [0.717, 1.165) is 0 Å². The molecule has 0 aliphatic carbocycles. The van der Waals surface area contributed by atoms with Gasteiger partial charge in [-0.1, -0.05) is 45.4 Å². The van der Waals surface area contributed by atoms with Crippen LogP contribution >= 0.6 is 0 Å². The topological polar surface area (TPSA) is 0 Å². The van der Waals surface area contributed by atoms with Crippen LogP contribution in [0.2, 0.25) is 0 Å². The highest BCUT2D eigenvalue weighted by molar-refractivity contribution is 5.08. The molecule has 0 saturated heterocycles. The van der Waals surface area contributed by atoms with Gasteiger partial charge in [0.1, 0.15) is 0 Å². The second-order valence-electron chi connectivity index (χ2n) is 3.38. The lowest BCUT2D eigenvalue weighted by molar-refractivity contribution is 0.343. The summed E-state index contributed by atoms with van der Waals surface area (Å²) in [6.07, 6.45) is 7.58. The number of hydrogen-bond donors (Lipinski definition) is 0. The Balaban J connectivity index is 4.44. The van der Waals surface area contributed by atoms with Crippen LogP contribution in [0.4, 0.5) is 0 Å². The summed E-state index contributed by atoms with van der Waals surface area (Å²) in [5.41, 5.74) is 0.184. The highest BCUT2D eigenvalue weighted by Gasteiger charge is 2.22. The maximum absolute atomic E-state index is 3.87. The Hall–Kier alpha value is -0.520. The first-order valence-corrected chi connectivity index (χ1v) is 4.38. The number of rotatable bonds is 4. The summed E-state index contributed by atoms with van der Waals surface area (Å²) < 4.78 is 0. The summed E-state index contributed by atoms with van der Waals surface area (Å²) in [4.78, 5) is 0. The molecule has 0 aromatic heterocycles. The van der Waals surface area contributed by atoms with E-state index in [1.54, 1.807) is 0 Å². The Morgan fingerprint density at radius 2 is 2.09 bits per heavy atom. The zero-order valence-corrected chi connectivity index (χ0v) is 8.22. The van der Waals surface area contributed by atoms with Crippen molar-refractivity contribution in [1.82, 2.24) is 0 Å². The molecule has 0 heteroatoms. The van der Waals surface area contributed by atoms with E-state index in [1.165, 1.54) is 6.42 Å². The molecule has 0 saturated carbocycles. The summed E-state index contributed by atoms with van der Waals surface area (Å²) in [6, 6.07) is 0. The molecule has 2 unspecified atom stereocenters. The third kappa shape index (κ3) is 2.53. The second kappa shape index (κ2) is 4.38. The van der Waals surface area contributed by atoms with Crippen LogP contribution in [0.1, 0.15) is 34.1 Å². The van der Waals surface area contributed by atoms with E-state index >= 15 is 0 Å². The van der Waals surface area contributed by atoms with Crippen LogP contribution in [0.3, 0.4) is 0 Å². The zero-order chi connectivity index (χ0) is 8.91. The van der Waals surface area contributed by atoms with E-state index in [2.05, 4.69) is 46.4 Å². The Kier molecular flexibility index (Phi) is 4.17. The van der Waals surface area contributed by atoms with Crippen molar-refractivity contribution >= 4 is 0 Å². The molecule has 0 nitrogen and oxygen atoms in total. The van der Waals surface area contributed by atoms with Crippen molar-refractivity contribution in [3.63, 3.8) is 0 Å². The second-order valence-corrected chi connectivity index (χ2v) is 3.38. The van der Waals surface area contributed by atoms with Crippen molar-refractivity contribution in [3.05, 3.63) is 24.8 Å². The van der Waals surface area contributed by atoms with E-state index in [4.69, 9.17) is 0 Å². The predicted octanol–water partition coefficient (Wildman–Crippen LogP) is 3.80. The normalized spacial score (nSPS) is 19.6. The lowest BCUT2D eigenvalue weighted by Crippen LogP contribution is -2.19. The van der Waals surface area contributed by atoms with Crippen molar-refractivity contribution in [1.29, 1.82) is 0 Å². The average molecular weight is 152 g/mol. The maximum Gasteiger partial charge on any atom is 0.00554 e. The van der Waals surface area contributed by atoms with E-state index in [-0.39, 0.29) is 5.41 Å². The van der Waals surface area contributed by atoms with Gasteiger partial charge in [-0.2, -0.15) is 0 Å². The quantitative estimate of drug-likeness (QED) is 0.537. The summed E-state index contributed by atoms with van der Waals surface area (Å²) >= 11 is 0. The van der Waals surface area contributed by atoms with Crippen LogP contribution in [0.25, 0.3) is 0 Å². The molecule has 0 amide bonds. The Labute approximate surface area is 71.0 Å². The van der Waals surface area contributed by atoms with E-state index in [9.17, 15) is 0 Å². The van der Waals surface area contributed by atoms with Gasteiger partial charge in [0.15, 0.2) is 0 Å². The van der Waals surface area contributed by atoms with E-state index in [0.29, 0.717) is 5.92 Å². The van der Waals surface area contributed by atoms with Crippen LogP contribution in [0, 0.1) is 11.3 Å². The molecule has 0 aliphatic rings. The molecule has 0 spiro atoms. The number of allylic oxidation sites excluding steroid dienone is 3. The van der Waals surface area contributed by atoms with Crippen LogP contribution in [0.5, 0.6) is 0 Å². The Morgan fingerprint density at radius 3 is 2.36 bits per heavy atom. The first-order valence-electron chi connectivity index (χ1n) is 4.38. The number of hydrogen-bond acceptors (Lipinski definition) is 0. The predicted molar refractivity (Wildman–Crippen MR) is 52.6 cm³/mol. The SMILES string of the molecule is C=CC(C)(C=CC)C(C)CC. The van der Waals surface area contributed by atoms with Crippen LogP contribution in [0.15, 0.2) is 24.8 Å². The van der Waals surface area contributed by atoms with Gasteiger partial charge in [0, 0.05) is 5.41 Å². The van der Waals surface area contributed by atoms with Gasteiger partial charge in [-0.15, -0.1) is 6.58 Å². The molecular formula is C11H20. The van der Waals surface area contributed by atoms with Crippen LogP contribution in [-0.4, -0.2) is 0 Å². The van der Waals surface area contributed by atoms with Gasteiger partial charge in [0.05, 0.1) is 0 Å². The average Bonchev–Trinajstić information content (AvgIpc) is 2.03. The molecule has 0 aliphatic heterocycles. The molecular weight excluding hydrogens is 132 g/mol. The molecule has 0 bridgehead atoms. The first kappa shape index (κ1) is 10.5. The van der Waals surface area contributed by atoms with Crippen molar-refractivity contribution in [2.75, 3.05) is 0 Å². The fraction of sp³-hybridized carbons (Fsp3) is 0.636. The fourth-order valence-electron chi connectivity index (χ4n) is 1.23. The van der Waals surface area contributed by atoms with Gasteiger partial charge in [0.2, 0.25) is 0 Å². The maximum atomic E-state index is 3.87. The third-order valence-electron chi connectivity index (χ3n) is 2.64. The molecule has 0 aromatic rings. The van der Waals surface area contributed by atoms with Gasteiger partial charge in [-0.05, 0) is 12.8 Å². The monoisotopic (exact) mass is 152 g/mol. The van der Waals surface area contributed by atoms with Gasteiger partial charge in [-0.3, -0.25) is 0 Å². The minimum Gasteiger partial charge on any atom is -0.102 e. The first-order chi connectivity index (χ1) is 5.10. The smallest absolute Gasteiger partial charge is 0.00554 e. The minimum atomic E-state index is 0.184. The zero-order valence-electron chi connectivity index (χ0n) is 8.22. The third-order valence-corrected chi connectivity index (χ3v) is 2.64. The fourth-order valence-corrected chi connectivity index (χ4v) is 1.23. The van der Waals surface area contributed by atoms with E-state index in [1.807, 2.05) is 6.08 Å². The molecule has 0 aromatic carbocycles.